The average molecular weight is 1310 g/mol. The van der Waals surface area contributed by atoms with Gasteiger partial charge in [0.2, 0.25) is 11.8 Å². The Morgan fingerprint density at radius 3 is 1.29 bits per heavy atom. The van der Waals surface area contributed by atoms with Gasteiger partial charge in [0.15, 0.2) is 5.78 Å². The molecule has 1 aliphatic rings. The minimum atomic E-state index is -0.302. The minimum Gasteiger partial charge on any atom is -0.352 e. The second-order valence-corrected chi connectivity index (χ2v) is 36.5. The van der Waals surface area contributed by atoms with E-state index in [4.69, 9.17) is 0 Å². The Hall–Kier alpha value is -5.37. The van der Waals surface area contributed by atoms with Crippen molar-refractivity contribution in [1.29, 1.82) is 0 Å². The van der Waals surface area contributed by atoms with Gasteiger partial charge in [-0.1, -0.05) is 330 Å². The first-order chi connectivity index (χ1) is 40.0. The summed E-state index contributed by atoms with van der Waals surface area (Å²) in [6, 6.07) is 34.9. The summed E-state index contributed by atoms with van der Waals surface area (Å²) in [7, 11) is 0. The number of nitrogens with one attached hydrogen (secondary N) is 2. The van der Waals surface area contributed by atoms with Gasteiger partial charge in [-0.2, -0.15) is 0 Å². The van der Waals surface area contributed by atoms with Gasteiger partial charge in [-0.25, -0.2) is 0 Å². The standard InChI is InChI=1S/C19H30O.C17H27NO.C16H25NO.C15H22O.C14H27NO.5CH4/c1-18(2,3)14-17(20)13-16(19(4,5)6)12-15-10-8-7-9-11-15;1-16(2,3)11-12-18-15(19)13-7-9-14(10-8-13)17(4,5)6;1-15(2,3)11-14(18)17-13-10-8-7-9-12(13)16(4,5)6;1-14(2,3)12-9-7-11(8-10-12)13(16)15(4,5)6;1-13(2,3)10-12(16)15-9-7-8-11(15)14(4,5)6;;;;;/h7-11,16H,12-14H2,1-6H3;7-10H,11-12H2,1-6H3,(H,18,19);7-10H,11H2,1-6H3,(H,17,18);7-10H,1-6H3;11H,7-10H2,1-6H3;5*1H4. The van der Waals surface area contributed by atoms with Gasteiger partial charge in [0, 0.05) is 67.0 Å². The lowest BCUT2D eigenvalue weighted by atomic mass is 9.73. The van der Waals surface area contributed by atoms with Gasteiger partial charge in [-0.05, 0) is 121 Å². The molecule has 1 fully saturated rings. The third kappa shape index (κ3) is 40.2. The second-order valence-electron chi connectivity index (χ2n) is 36.5. The maximum atomic E-state index is 12.3. The highest BCUT2D eigenvalue weighted by molar-refractivity contribution is 5.99. The molecule has 4 aromatic carbocycles. The Kier molecular flexibility index (Phi) is 41.1. The molecule has 0 radical (unpaired) electrons. The van der Waals surface area contributed by atoms with Crippen LogP contribution in [0.3, 0.4) is 0 Å². The van der Waals surface area contributed by atoms with Crippen molar-refractivity contribution in [3.63, 3.8) is 0 Å². The van der Waals surface area contributed by atoms with E-state index < -0.39 is 0 Å². The molecule has 540 valence electrons. The van der Waals surface area contributed by atoms with Crippen LogP contribution in [0.1, 0.15) is 333 Å². The molecular formula is C86H151N3O5. The average Bonchev–Trinajstić information content (AvgIpc) is 1.48. The highest BCUT2D eigenvalue weighted by Crippen LogP contribution is 2.37. The summed E-state index contributed by atoms with van der Waals surface area (Å²) in [6.45, 7) is 66.0. The molecule has 1 aliphatic heterocycles. The number of anilines is 1. The molecule has 2 N–H and O–H groups in total. The summed E-state index contributed by atoms with van der Waals surface area (Å²) in [6.07, 6.45) is 6.87. The topological polar surface area (TPSA) is 113 Å². The lowest BCUT2D eigenvalue weighted by Gasteiger charge is -2.36. The van der Waals surface area contributed by atoms with Crippen molar-refractivity contribution in [2.24, 2.45) is 43.8 Å². The summed E-state index contributed by atoms with van der Waals surface area (Å²) in [5.41, 5.74) is 8.31. The zero-order valence-electron chi connectivity index (χ0n) is 62.5. The quantitative estimate of drug-likeness (QED) is 0.137. The number of amides is 3. The highest BCUT2D eigenvalue weighted by atomic mass is 16.2. The van der Waals surface area contributed by atoms with Gasteiger partial charge >= 0.3 is 0 Å². The molecule has 0 aromatic heterocycles. The monoisotopic (exact) mass is 1310 g/mol. The SMILES string of the molecule is C.C.C.C.C.CC(C)(C)C(=O)c1ccc(C(C)(C)C)cc1.CC(C)(C)CC(=O)CC(Cc1ccccc1)C(C)(C)C.CC(C)(C)CC(=O)N1CCCC1C(C)(C)C.CC(C)(C)CC(=O)Nc1ccccc1C(C)(C)C.CC(C)(C)CCNC(=O)c1ccc(C(C)(C)C)cc1. The maximum absolute atomic E-state index is 12.3. The molecule has 3 amide bonds. The molecular weight excluding hydrogens is 1150 g/mol. The summed E-state index contributed by atoms with van der Waals surface area (Å²) in [5, 5.41) is 6.01. The Labute approximate surface area is 583 Å². The first kappa shape index (κ1) is 97.3. The van der Waals surface area contributed by atoms with E-state index in [0.717, 1.165) is 49.2 Å². The van der Waals surface area contributed by atoms with Crippen molar-refractivity contribution >= 4 is 35.0 Å². The van der Waals surface area contributed by atoms with E-state index in [1.807, 2.05) is 81.4 Å². The Morgan fingerprint density at radius 1 is 0.479 bits per heavy atom. The van der Waals surface area contributed by atoms with E-state index in [0.29, 0.717) is 49.3 Å². The van der Waals surface area contributed by atoms with Crippen LogP contribution in [-0.2, 0) is 37.0 Å². The largest absolute Gasteiger partial charge is 0.352 e. The Balaban J connectivity index is -0.000000347. The smallest absolute Gasteiger partial charge is 0.251 e. The molecule has 8 heteroatoms. The predicted molar refractivity (Wildman–Crippen MR) is 417 cm³/mol. The first-order valence-electron chi connectivity index (χ1n) is 33.3. The van der Waals surface area contributed by atoms with E-state index in [2.05, 4.69) is 245 Å². The lowest BCUT2D eigenvalue weighted by Crippen LogP contribution is -2.44. The summed E-state index contributed by atoms with van der Waals surface area (Å²) < 4.78 is 0. The Bertz CT molecular complexity index is 2790. The number of carbonyl (C=O) groups is 5. The molecule has 0 bridgehead atoms. The molecule has 0 aliphatic carbocycles. The number of Topliss-reactive ketones (excluding diaryl/α,β-unsaturated/α-hetero) is 2. The van der Waals surface area contributed by atoms with E-state index >= 15 is 0 Å². The number of hydrogen-bond acceptors (Lipinski definition) is 5. The number of nitrogens with zero attached hydrogens (tertiary/aromatic N) is 1. The van der Waals surface area contributed by atoms with E-state index in [1.165, 1.54) is 28.7 Å². The van der Waals surface area contributed by atoms with Crippen molar-refractivity contribution in [2.45, 2.75) is 318 Å². The fraction of sp³-hybridized carbons (Fsp3) is 0.663. The molecule has 0 saturated carbocycles. The molecule has 2 unspecified atom stereocenters. The molecule has 94 heavy (non-hydrogen) atoms. The van der Waals surface area contributed by atoms with E-state index in [-0.39, 0.29) is 109 Å². The van der Waals surface area contributed by atoms with Crippen LogP contribution in [0.2, 0.25) is 0 Å². The number of rotatable bonds is 12. The van der Waals surface area contributed by atoms with Crippen molar-refractivity contribution in [3.8, 4) is 0 Å². The number of para-hydroxylation sites is 1. The number of carbonyl (C=O) groups excluding carboxylic acids is 5. The third-order valence-electron chi connectivity index (χ3n) is 15.6. The fourth-order valence-electron chi connectivity index (χ4n) is 10.3. The minimum absolute atomic E-state index is 0. The van der Waals surface area contributed by atoms with Gasteiger partial charge in [0.05, 0.1) is 0 Å². The first-order valence-corrected chi connectivity index (χ1v) is 33.3. The number of benzene rings is 4. The normalized spacial score (nSPS) is 13.9. The van der Waals surface area contributed by atoms with Gasteiger partial charge in [-0.3, -0.25) is 24.0 Å². The molecule has 5 rings (SSSR count). The van der Waals surface area contributed by atoms with Gasteiger partial charge in [-0.15, -0.1) is 0 Å². The van der Waals surface area contributed by atoms with Crippen LogP contribution < -0.4 is 10.6 Å². The number of likely N-dealkylation sites (tertiary alicyclic amines) is 1. The summed E-state index contributed by atoms with van der Waals surface area (Å²) >= 11 is 0. The van der Waals surface area contributed by atoms with E-state index in [9.17, 15) is 24.0 Å². The maximum Gasteiger partial charge on any atom is 0.251 e. The second kappa shape index (κ2) is 39.7. The molecule has 1 heterocycles. The van der Waals surface area contributed by atoms with E-state index in [1.54, 1.807) is 0 Å². The van der Waals surface area contributed by atoms with Crippen LogP contribution in [0.15, 0.2) is 103 Å². The van der Waals surface area contributed by atoms with Crippen molar-refractivity contribution < 1.29 is 24.0 Å². The van der Waals surface area contributed by atoms with Crippen LogP contribution in [0.25, 0.3) is 0 Å². The van der Waals surface area contributed by atoms with Crippen LogP contribution >= 0.6 is 0 Å². The van der Waals surface area contributed by atoms with Gasteiger partial charge < -0.3 is 15.5 Å². The zero-order chi connectivity index (χ0) is 69.2. The van der Waals surface area contributed by atoms with Crippen molar-refractivity contribution in [1.82, 2.24) is 10.2 Å². The number of ketones is 2. The lowest BCUT2D eigenvalue weighted by molar-refractivity contribution is -0.135. The fourth-order valence-corrected chi connectivity index (χ4v) is 10.3. The van der Waals surface area contributed by atoms with Gasteiger partial charge in [0.25, 0.3) is 5.91 Å². The highest BCUT2D eigenvalue weighted by Gasteiger charge is 2.38. The molecule has 0 spiro atoms. The molecule has 4 aromatic rings. The van der Waals surface area contributed by atoms with Crippen LogP contribution in [0.4, 0.5) is 5.69 Å². The molecule has 1 saturated heterocycles. The van der Waals surface area contributed by atoms with Crippen LogP contribution in [0, 0.1) is 43.8 Å². The van der Waals surface area contributed by atoms with Crippen molar-refractivity contribution in [3.05, 3.63) is 137 Å². The third-order valence-corrected chi connectivity index (χ3v) is 15.6. The van der Waals surface area contributed by atoms with Gasteiger partial charge in [0.1, 0.15) is 5.78 Å². The zero-order valence-corrected chi connectivity index (χ0v) is 62.5. The number of hydrogen-bond donors (Lipinski definition) is 2. The summed E-state index contributed by atoms with van der Waals surface area (Å²) in [4.78, 5) is 62.7. The predicted octanol–water partition coefficient (Wildman–Crippen LogP) is 24.6. The molecule has 8 nitrogen and oxygen atoms in total. The Morgan fingerprint density at radius 2 is 0.904 bits per heavy atom. The van der Waals surface area contributed by atoms with Crippen LogP contribution in [-0.4, -0.2) is 53.3 Å². The summed E-state index contributed by atoms with van der Waals surface area (Å²) in [5.74, 6) is 1.44. The van der Waals surface area contributed by atoms with Crippen molar-refractivity contribution in [2.75, 3.05) is 18.4 Å². The van der Waals surface area contributed by atoms with Crippen LogP contribution in [0.5, 0.6) is 0 Å². The molecule has 2 atom stereocenters.